The molecule has 5 heteroatoms. The van der Waals surface area contributed by atoms with E-state index in [1.54, 1.807) is 30.3 Å². The molecule has 0 unspecified atom stereocenters. The predicted octanol–water partition coefficient (Wildman–Crippen LogP) is 5.26. The molecule has 0 aliphatic carbocycles. The molecule has 3 aromatic carbocycles. The first-order valence-electron chi connectivity index (χ1n) is 9.10. The molecule has 4 rings (SSSR count). The maximum Gasteiger partial charge on any atom is 0.261 e. The molecular weight excluding hydrogens is 368 g/mol. The second-order valence-corrected chi connectivity index (χ2v) is 8.80. The van der Waals surface area contributed by atoms with E-state index in [1.165, 1.54) is 0 Å². The third-order valence-electron chi connectivity index (χ3n) is 5.01. The Labute approximate surface area is 165 Å². The number of fused-ring (bicyclic) bond motifs is 1. The molecule has 0 aliphatic rings. The Morgan fingerprint density at radius 1 is 0.857 bits per heavy atom. The third-order valence-corrected chi connectivity index (χ3v) is 6.41. The number of para-hydroxylation sites is 1. The summed E-state index contributed by atoms with van der Waals surface area (Å²) in [5.74, 6) is 0. The van der Waals surface area contributed by atoms with Gasteiger partial charge in [0.1, 0.15) is 0 Å². The number of aryl methyl sites for hydroxylation is 3. The molecule has 0 spiro atoms. The quantitative estimate of drug-likeness (QED) is 0.516. The lowest BCUT2D eigenvalue weighted by atomic mass is 9.99. The predicted molar refractivity (Wildman–Crippen MR) is 115 cm³/mol. The minimum absolute atomic E-state index is 0.255. The Hall–Kier alpha value is -3.05. The topological polar surface area (TPSA) is 51.1 Å². The zero-order valence-electron chi connectivity index (χ0n) is 16.1. The molecule has 1 heterocycles. The van der Waals surface area contributed by atoms with Crippen molar-refractivity contribution in [2.75, 3.05) is 4.72 Å². The minimum Gasteiger partial charge on any atom is -0.350 e. The van der Waals surface area contributed by atoms with Gasteiger partial charge in [0.15, 0.2) is 0 Å². The van der Waals surface area contributed by atoms with Gasteiger partial charge in [0.2, 0.25) is 0 Å². The Kier molecular flexibility index (Phi) is 4.47. The number of nitrogens with zero attached hydrogens (tertiary/aromatic N) is 1. The first-order chi connectivity index (χ1) is 13.3. The van der Waals surface area contributed by atoms with Gasteiger partial charge in [0, 0.05) is 35.4 Å². The maximum atomic E-state index is 12.7. The van der Waals surface area contributed by atoms with Gasteiger partial charge in [-0.15, -0.1) is 0 Å². The van der Waals surface area contributed by atoms with Crippen molar-refractivity contribution in [3.8, 4) is 11.1 Å². The first kappa shape index (κ1) is 18.3. The molecule has 142 valence electrons. The lowest BCUT2D eigenvalue weighted by Gasteiger charge is -2.12. The smallest absolute Gasteiger partial charge is 0.261 e. The Morgan fingerprint density at radius 2 is 1.57 bits per heavy atom. The number of benzene rings is 3. The highest BCUT2D eigenvalue weighted by Crippen LogP contribution is 2.34. The van der Waals surface area contributed by atoms with Gasteiger partial charge in [0.05, 0.1) is 4.90 Å². The summed E-state index contributed by atoms with van der Waals surface area (Å²) in [4.78, 5) is 0.255. The standard InChI is InChI=1S/C23H22N2O2S/c1-16-8-12-19(13-9-16)28(26,27)24-18-11-10-17(2)21(14-18)22-15-25(3)23-7-5-4-6-20(22)23/h4-15,24H,1-3H3. The average molecular weight is 391 g/mol. The summed E-state index contributed by atoms with van der Waals surface area (Å²) in [6, 6.07) is 20.7. The number of hydrogen-bond acceptors (Lipinski definition) is 2. The fraction of sp³-hybridized carbons (Fsp3) is 0.130. The van der Waals surface area contributed by atoms with Crippen molar-refractivity contribution in [3.05, 3.63) is 84.1 Å². The second-order valence-electron chi connectivity index (χ2n) is 7.12. The van der Waals surface area contributed by atoms with E-state index in [1.807, 2.05) is 45.2 Å². The summed E-state index contributed by atoms with van der Waals surface area (Å²) in [7, 11) is -1.62. The van der Waals surface area contributed by atoms with Crippen LogP contribution >= 0.6 is 0 Å². The molecule has 0 saturated heterocycles. The molecule has 0 atom stereocenters. The second kappa shape index (κ2) is 6.84. The van der Waals surface area contributed by atoms with Crippen molar-refractivity contribution in [2.24, 2.45) is 7.05 Å². The van der Waals surface area contributed by atoms with E-state index in [9.17, 15) is 8.42 Å². The molecule has 0 amide bonds. The summed E-state index contributed by atoms with van der Waals surface area (Å²) >= 11 is 0. The summed E-state index contributed by atoms with van der Waals surface area (Å²) in [5, 5.41) is 1.15. The molecule has 4 aromatic rings. The highest BCUT2D eigenvalue weighted by atomic mass is 32.2. The van der Waals surface area contributed by atoms with Gasteiger partial charge in [-0.3, -0.25) is 4.72 Å². The summed E-state index contributed by atoms with van der Waals surface area (Å²) in [6.45, 7) is 3.97. The van der Waals surface area contributed by atoms with Gasteiger partial charge in [-0.2, -0.15) is 0 Å². The normalized spacial score (nSPS) is 11.7. The molecule has 1 N–H and O–H groups in total. The van der Waals surface area contributed by atoms with Crippen molar-refractivity contribution in [3.63, 3.8) is 0 Å². The van der Waals surface area contributed by atoms with E-state index in [2.05, 4.69) is 27.6 Å². The van der Waals surface area contributed by atoms with Gasteiger partial charge >= 0.3 is 0 Å². The van der Waals surface area contributed by atoms with Gasteiger partial charge in [-0.05, 0) is 55.3 Å². The minimum atomic E-state index is -3.63. The van der Waals surface area contributed by atoms with Gasteiger partial charge in [-0.25, -0.2) is 8.42 Å². The molecule has 0 bridgehead atoms. The Balaban J connectivity index is 1.76. The van der Waals surface area contributed by atoms with Crippen LogP contribution in [0, 0.1) is 13.8 Å². The van der Waals surface area contributed by atoms with Crippen molar-refractivity contribution in [1.29, 1.82) is 0 Å². The van der Waals surface area contributed by atoms with Gasteiger partial charge in [0.25, 0.3) is 10.0 Å². The van der Waals surface area contributed by atoms with Crippen LogP contribution < -0.4 is 4.72 Å². The number of aromatic nitrogens is 1. The molecule has 1 aromatic heterocycles. The van der Waals surface area contributed by atoms with Crippen molar-refractivity contribution < 1.29 is 8.42 Å². The fourth-order valence-electron chi connectivity index (χ4n) is 3.46. The number of hydrogen-bond donors (Lipinski definition) is 1. The van der Waals surface area contributed by atoms with E-state index in [-0.39, 0.29) is 4.90 Å². The number of nitrogens with one attached hydrogen (secondary N) is 1. The van der Waals surface area contributed by atoms with Crippen LogP contribution in [0.5, 0.6) is 0 Å². The zero-order valence-corrected chi connectivity index (χ0v) is 16.9. The first-order valence-corrected chi connectivity index (χ1v) is 10.6. The van der Waals surface area contributed by atoms with E-state index in [0.29, 0.717) is 5.69 Å². The van der Waals surface area contributed by atoms with Crippen LogP contribution in [0.15, 0.2) is 77.8 Å². The lowest BCUT2D eigenvalue weighted by Crippen LogP contribution is -2.13. The molecule has 4 nitrogen and oxygen atoms in total. The molecule has 0 saturated carbocycles. The number of rotatable bonds is 4. The van der Waals surface area contributed by atoms with Crippen LogP contribution in [0.2, 0.25) is 0 Å². The lowest BCUT2D eigenvalue weighted by molar-refractivity contribution is 0.601. The van der Waals surface area contributed by atoms with E-state index in [4.69, 9.17) is 0 Å². The molecule has 0 fully saturated rings. The molecular formula is C23H22N2O2S. The number of anilines is 1. The molecule has 0 aliphatic heterocycles. The Morgan fingerprint density at radius 3 is 2.32 bits per heavy atom. The van der Waals surface area contributed by atoms with Crippen LogP contribution in [-0.2, 0) is 17.1 Å². The van der Waals surface area contributed by atoms with Crippen molar-refractivity contribution >= 4 is 26.6 Å². The van der Waals surface area contributed by atoms with Gasteiger partial charge < -0.3 is 4.57 Å². The fourth-order valence-corrected chi connectivity index (χ4v) is 4.51. The highest BCUT2D eigenvalue weighted by molar-refractivity contribution is 7.92. The summed E-state index contributed by atoms with van der Waals surface area (Å²) < 4.78 is 30.3. The molecule has 28 heavy (non-hydrogen) atoms. The Bertz CT molecular complexity index is 1270. The van der Waals surface area contributed by atoms with Crippen LogP contribution in [0.4, 0.5) is 5.69 Å². The SMILES string of the molecule is Cc1ccc(S(=O)(=O)Nc2ccc(C)c(-c3cn(C)c4ccccc34)c2)cc1. The number of sulfonamides is 1. The highest BCUT2D eigenvalue weighted by Gasteiger charge is 2.16. The average Bonchev–Trinajstić information content (AvgIpc) is 3.00. The van der Waals surface area contributed by atoms with Crippen LogP contribution in [0.3, 0.4) is 0 Å². The zero-order chi connectivity index (χ0) is 19.9. The van der Waals surface area contributed by atoms with E-state index >= 15 is 0 Å². The third kappa shape index (κ3) is 3.29. The largest absolute Gasteiger partial charge is 0.350 e. The van der Waals surface area contributed by atoms with Crippen molar-refractivity contribution in [2.45, 2.75) is 18.7 Å². The van der Waals surface area contributed by atoms with Crippen molar-refractivity contribution in [1.82, 2.24) is 4.57 Å². The van der Waals surface area contributed by atoms with E-state index in [0.717, 1.165) is 33.2 Å². The van der Waals surface area contributed by atoms with Crippen LogP contribution in [-0.4, -0.2) is 13.0 Å². The van der Waals surface area contributed by atoms with E-state index < -0.39 is 10.0 Å². The summed E-state index contributed by atoms with van der Waals surface area (Å²) in [5.41, 5.74) is 5.91. The monoisotopic (exact) mass is 390 g/mol. The maximum absolute atomic E-state index is 12.7. The van der Waals surface area contributed by atoms with Gasteiger partial charge in [-0.1, -0.05) is 42.0 Å². The van der Waals surface area contributed by atoms with Crippen LogP contribution in [0.25, 0.3) is 22.0 Å². The summed E-state index contributed by atoms with van der Waals surface area (Å²) in [6.07, 6.45) is 2.09. The van der Waals surface area contributed by atoms with Crippen LogP contribution in [0.1, 0.15) is 11.1 Å². The molecule has 0 radical (unpaired) electrons.